The van der Waals surface area contributed by atoms with Gasteiger partial charge in [0.05, 0.1) is 0 Å². The van der Waals surface area contributed by atoms with Crippen LogP contribution in [0.1, 0.15) is 48.0 Å². The van der Waals surface area contributed by atoms with E-state index in [-0.39, 0.29) is 18.6 Å². The van der Waals surface area contributed by atoms with Gasteiger partial charge in [-0.1, -0.05) is 33.6 Å². The third kappa shape index (κ3) is 22.8. The maximum absolute atomic E-state index is 3.77. The fraction of sp³-hybridized carbons (Fsp3) is 0.615. The summed E-state index contributed by atoms with van der Waals surface area (Å²) >= 11 is 0. The summed E-state index contributed by atoms with van der Waals surface area (Å²) < 4.78 is 0. The number of hydrogen-bond acceptors (Lipinski definition) is 0. The summed E-state index contributed by atoms with van der Waals surface area (Å²) in [5.74, 6) is 0.616. The van der Waals surface area contributed by atoms with Gasteiger partial charge in [0.1, 0.15) is 0 Å². The van der Waals surface area contributed by atoms with Crippen LogP contribution in [0.15, 0.2) is 11.6 Å². The quantitative estimate of drug-likeness (QED) is 0.597. The molecule has 0 heterocycles. The molecule has 1 heteroatoms. The predicted molar refractivity (Wildman–Crippen MR) is 65.2 cm³/mol. The molecule has 0 saturated heterocycles. The topological polar surface area (TPSA) is 0 Å². The first-order chi connectivity index (χ1) is 6.13. The molecular weight excluding hydrogens is 207 g/mol. The van der Waals surface area contributed by atoms with E-state index in [9.17, 15) is 0 Å². The Kier molecular flexibility index (Phi) is 39.4. The van der Waals surface area contributed by atoms with Crippen molar-refractivity contribution in [2.45, 2.75) is 48.0 Å². The van der Waals surface area contributed by atoms with E-state index in [2.05, 4.69) is 27.7 Å². The van der Waals surface area contributed by atoms with Crippen LogP contribution in [0, 0.1) is 26.2 Å². The first-order valence-corrected chi connectivity index (χ1v) is 5.15. The van der Waals surface area contributed by atoms with Gasteiger partial charge in [-0.3, -0.25) is 0 Å². The van der Waals surface area contributed by atoms with E-state index >= 15 is 0 Å². The molecule has 0 bridgehead atoms. The molecule has 14 heavy (non-hydrogen) atoms. The predicted octanol–water partition coefficient (Wildman–Crippen LogP) is 4.88. The first kappa shape index (κ1) is 23.8. The molecule has 0 aromatic carbocycles. The zero-order valence-corrected chi connectivity index (χ0v) is 12.2. The largest absolute Gasteiger partial charge is 0.356 e. The summed E-state index contributed by atoms with van der Waals surface area (Å²) in [6.07, 6.45) is 4.79. The van der Waals surface area contributed by atoms with Gasteiger partial charge in [-0.15, -0.1) is 0 Å². The Balaban J connectivity index is -0.0000000716. The molecule has 0 nitrogen and oxygen atoms in total. The van der Waals surface area contributed by atoms with Crippen molar-refractivity contribution in [1.82, 2.24) is 0 Å². The van der Waals surface area contributed by atoms with Crippen LogP contribution in [-0.2, 0) is 18.6 Å². The molecule has 0 aromatic heterocycles. The van der Waals surface area contributed by atoms with Crippen molar-refractivity contribution in [3.8, 4) is 0 Å². The van der Waals surface area contributed by atoms with Crippen LogP contribution >= 0.6 is 0 Å². The molecule has 0 N–H and O–H groups in total. The summed E-state index contributed by atoms with van der Waals surface area (Å²) in [6, 6.07) is 0. The van der Waals surface area contributed by atoms with Crippen LogP contribution in [0.4, 0.5) is 0 Å². The zero-order valence-electron chi connectivity index (χ0n) is 10.8. The van der Waals surface area contributed by atoms with Crippen molar-refractivity contribution in [2.24, 2.45) is 5.92 Å². The first-order valence-electron chi connectivity index (χ1n) is 5.15. The van der Waals surface area contributed by atoms with Crippen molar-refractivity contribution < 1.29 is 18.6 Å². The monoisotopic (exact) mass is 234 g/mol. The maximum Gasteiger partial charge on any atom is 0 e. The van der Waals surface area contributed by atoms with E-state index in [1.807, 2.05) is 40.2 Å². The third-order valence-corrected chi connectivity index (χ3v) is 1.29. The second kappa shape index (κ2) is 23.2. The number of rotatable bonds is 2. The Bertz CT molecular complexity index is 93.4. The molecule has 0 unspecified atom stereocenters. The van der Waals surface area contributed by atoms with Gasteiger partial charge in [-0.2, -0.15) is 13.8 Å². The van der Waals surface area contributed by atoms with Gasteiger partial charge in [-0.05, 0) is 0 Å². The van der Waals surface area contributed by atoms with E-state index in [1.54, 1.807) is 0 Å². The molecule has 0 aliphatic carbocycles. The second-order valence-corrected chi connectivity index (χ2v) is 2.76. The van der Waals surface area contributed by atoms with Crippen LogP contribution < -0.4 is 0 Å². The average molecular weight is 234 g/mol. The van der Waals surface area contributed by atoms with E-state index in [0.29, 0.717) is 5.92 Å². The van der Waals surface area contributed by atoms with Crippen LogP contribution in [0.3, 0.4) is 0 Å². The molecule has 0 aliphatic heterocycles. The van der Waals surface area contributed by atoms with Gasteiger partial charge >= 0.3 is 0 Å². The van der Waals surface area contributed by atoms with Gasteiger partial charge in [0.15, 0.2) is 0 Å². The Labute approximate surface area is 104 Å². The normalized spacial score (nSPS) is 9.00. The van der Waals surface area contributed by atoms with E-state index in [0.717, 1.165) is 6.42 Å². The summed E-state index contributed by atoms with van der Waals surface area (Å²) in [6.45, 7) is 19.8. The summed E-state index contributed by atoms with van der Waals surface area (Å²) in [5.41, 5.74) is 1.34. The van der Waals surface area contributed by atoms with Crippen molar-refractivity contribution >= 4 is 0 Å². The minimum absolute atomic E-state index is 0. The summed E-state index contributed by atoms with van der Waals surface area (Å²) in [4.78, 5) is 0. The molecule has 1 radical (unpaired) electrons. The minimum atomic E-state index is 0. The Morgan fingerprint density at radius 2 is 1.57 bits per heavy atom. The molecule has 0 spiro atoms. The fourth-order valence-electron chi connectivity index (χ4n) is 0.626. The smallest absolute Gasteiger partial charge is 0 e. The van der Waals surface area contributed by atoms with Crippen LogP contribution in [0.25, 0.3) is 0 Å². The fourth-order valence-corrected chi connectivity index (χ4v) is 0.626. The average Bonchev–Trinajstić information content (AvgIpc) is 2.11. The van der Waals surface area contributed by atoms with Gasteiger partial charge in [-0.25, -0.2) is 25.0 Å². The van der Waals surface area contributed by atoms with Crippen molar-refractivity contribution in [2.75, 3.05) is 0 Å². The maximum atomic E-state index is 3.77. The van der Waals surface area contributed by atoms with Crippen LogP contribution in [0.2, 0.25) is 0 Å². The zero-order chi connectivity index (χ0) is 11.3. The molecule has 0 atom stereocenters. The molecule has 0 amide bonds. The van der Waals surface area contributed by atoms with E-state index in [1.165, 1.54) is 5.57 Å². The molecule has 0 fully saturated rings. The molecule has 0 rings (SSSR count). The van der Waals surface area contributed by atoms with Gasteiger partial charge < -0.3 is 13.3 Å². The Morgan fingerprint density at radius 1 is 1.29 bits per heavy atom. The number of allylic oxidation sites excluding steroid dienone is 2. The van der Waals surface area contributed by atoms with Crippen molar-refractivity contribution in [3.05, 3.63) is 31.9 Å². The van der Waals surface area contributed by atoms with Crippen LogP contribution in [-0.4, -0.2) is 0 Å². The summed E-state index contributed by atoms with van der Waals surface area (Å²) in [5, 5.41) is 0. The Morgan fingerprint density at radius 3 is 1.57 bits per heavy atom. The van der Waals surface area contributed by atoms with Gasteiger partial charge in [0.25, 0.3) is 0 Å². The standard InChI is InChI=1S/C8H14.C3H7.C2H6.V/c1-5-8(6-2)7(3)4;1-3-2;1-2;/h5,7H,1-2,6H2,3-4H3;3H,1-2H3;1-2H3;/q-2;-1;;. The minimum Gasteiger partial charge on any atom is -0.356 e. The van der Waals surface area contributed by atoms with Gasteiger partial charge in [0, 0.05) is 18.6 Å². The Hall–Kier alpha value is 0.194. The molecular formula is C13H27V-3. The van der Waals surface area contributed by atoms with E-state index in [4.69, 9.17) is 0 Å². The summed E-state index contributed by atoms with van der Waals surface area (Å²) in [7, 11) is 0. The molecule has 87 valence electrons. The van der Waals surface area contributed by atoms with Crippen LogP contribution in [0.5, 0.6) is 0 Å². The molecule has 0 aliphatic rings. The van der Waals surface area contributed by atoms with Gasteiger partial charge in [0.2, 0.25) is 0 Å². The third-order valence-electron chi connectivity index (χ3n) is 1.29. The van der Waals surface area contributed by atoms with Crippen molar-refractivity contribution in [1.29, 1.82) is 0 Å². The number of hydrogen-bond donors (Lipinski definition) is 0. The molecule has 0 aromatic rings. The molecule has 0 saturated carbocycles. The van der Waals surface area contributed by atoms with E-state index < -0.39 is 0 Å². The van der Waals surface area contributed by atoms with Crippen molar-refractivity contribution in [3.63, 3.8) is 0 Å². The SMILES string of the molecule is CC.C[CH-]C.[CH2-]C=C(C[CH2-])C(C)C.[V]. The second-order valence-electron chi connectivity index (χ2n) is 2.76.